The van der Waals surface area contributed by atoms with Gasteiger partial charge in [0.1, 0.15) is 5.75 Å². The molecule has 0 spiro atoms. The SMILES string of the molecule is CCCNC(=O)CNCc1ccc(O)cn1. The van der Waals surface area contributed by atoms with E-state index in [0.717, 1.165) is 12.1 Å². The Morgan fingerprint density at radius 2 is 2.31 bits per heavy atom. The summed E-state index contributed by atoms with van der Waals surface area (Å²) in [7, 11) is 0. The molecule has 0 atom stereocenters. The Bertz CT molecular complexity index is 325. The summed E-state index contributed by atoms with van der Waals surface area (Å²) in [5.74, 6) is 0.130. The van der Waals surface area contributed by atoms with E-state index in [1.807, 2.05) is 6.92 Å². The molecule has 88 valence electrons. The standard InChI is InChI=1S/C11H17N3O2/c1-2-5-13-11(16)8-12-6-9-3-4-10(15)7-14-9/h3-4,7,12,15H,2,5-6,8H2,1H3,(H,13,16). The zero-order valence-electron chi connectivity index (χ0n) is 9.36. The quantitative estimate of drug-likeness (QED) is 0.652. The lowest BCUT2D eigenvalue weighted by molar-refractivity contribution is -0.120. The number of aromatic hydroxyl groups is 1. The van der Waals surface area contributed by atoms with Crippen LogP contribution in [0.1, 0.15) is 19.0 Å². The first kappa shape index (κ1) is 12.4. The van der Waals surface area contributed by atoms with Crippen molar-refractivity contribution in [2.24, 2.45) is 0 Å². The maximum atomic E-state index is 11.2. The van der Waals surface area contributed by atoms with Gasteiger partial charge in [0, 0.05) is 13.1 Å². The van der Waals surface area contributed by atoms with E-state index < -0.39 is 0 Å². The maximum absolute atomic E-state index is 11.2. The highest BCUT2D eigenvalue weighted by molar-refractivity contribution is 5.77. The largest absolute Gasteiger partial charge is 0.506 e. The number of hydrogen-bond donors (Lipinski definition) is 3. The summed E-state index contributed by atoms with van der Waals surface area (Å²) in [6.07, 6.45) is 2.32. The van der Waals surface area contributed by atoms with Crippen molar-refractivity contribution in [3.05, 3.63) is 24.0 Å². The fraction of sp³-hybridized carbons (Fsp3) is 0.455. The summed E-state index contributed by atoms with van der Waals surface area (Å²) >= 11 is 0. The average molecular weight is 223 g/mol. The third-order valence-electron chi connectivity index (χ3n) is 1.97. The Kier molecular flexibility index (Phi) is 5.28. The van der Waals surface area contributed by atoms with E-state index in [0.29, 0.717) is 13.1 Å². The van der Waals surface area contributed by atoms with Gasteiger partial charge in [0.05, 0.1) is 18.4 Å². The van der Waals surface area contributed by atoms with E-state index in [1.165, 1.54) is 6.20 Å². The molecule has 1 aromatic rings. The predicted octanol–water partition coefficient (Wildman–Crippen LogP) is 0.403. The normalized spacial score (nSPS) is 10.1. The molecular formula is C11H17N3O2. The molecule has 0 radical (unpaired) electrons. The Labute approximate surface area is 94.9 Å². The first-order valence-electron chi connectivity index (χ1n) is 5.33. The van der Waals surface area contributed by atoms with Gasteiger partial charge in [-0.25, -0.2) is 0 Å². The minimum Gasteiger partial charge on any atom is -0.506 e. The highest BCUT2D eigenvalue weighted by atomic mass is 16.3. The summed E-state index contributed by atoms with van der Waals surface area (Å²) in [5, 5.41) is 14.8. The number of rotatable bonds is 6. The van der Waals surface area contributed by atoms with E-state index in [2.05, 4.69) is 15.6 Å². The van der Waals surface area contributed by atoms with Gasteiger partial charge in [-0.2, -0.15) is 0 Å². The molecule has 1 amide bonds. The summed E-state index contributed by atoms with van der Waals surface area (Å²) in [4.78, 5) is 15.2. The second-order valence-corrected chi connectivity index (χ2v) is 3.46. The van der Waals surface area contributed by atoms with Gasteiger partial charge in [0.2, 0.25) is 5.91 Å². The van der Waals surface area contributed by atoms with Crippen LogP contribution < -0.4 is 10.6 Å². The number of nitrogens with zero attached hydrogens (tertiary/aromatic N) is 1. The Morgan fingerprint density at radius 3 is 2.94 bits per heavy atom. The van der Waals surface area contributed by atoms with Crippen LogP contribution in [-0.2, 0) is 11.3 Å². The second kappa shape index (κ2) is 6.79. The monoisotopic (exact) mass is 223 g/mol. The Hall–Kier alpha value is -1.62. The zero-order valence-corrected chi connectivity index (χ0v) is 9.36. The number of aromatic nitrogens is 1. The summed E-state index contributed by atoms with van der Waals surface area (Å²) in [5.41, 5.74) is 0.793. The molecular weight excluding hydrogens is 206 g/mol. The van der Waals surface area contributed by atoms with Crippen molar-refractivity contribution in [3.8, 4) is 5.75 Å². The summed E-state index contributed by atoms with van der Waals surface area (Å²) in [6, 6.07) is 3.29. The van der Waals surface area contributed by atoms with E-state index in [4.69, 9.17) is 5.11 Å². The molecule has 0 aromatic carbocycles. The molecule has 1 aromatic heterocycles. The van der Waals surface area contributed by atoms with E-state index in [1.54, 1.807) is 12.1 Å². The molecule has 16 heavy (non-hydrogen) atoms. The van der Waals surface area contributed by atoms with E-state index in [-0.39, 0.29) is 18.2 Å². The average Bonchev–Trinajstić information content (AvgIpc) is 2.29. The van der Waals surface area contributed by atoms with Gasteiger partial charge in [-0.3, -0.25) is 9.78 Å². The first-order valence-corrected chi connectivity index (χ1v) is 5.33. The third-order valence-corrected chi connectivity index (χ3v) is 1.97. The van der Waals surface area contributed by atoms with Crippen LogP contribution in [0, 0.1) is 0 Å². The van der Waals surface area contributed by atoms with Crippen LogP contribution in [0.2, 0.25) is 0 Å². The fourth-order valence-electron chi connectivity index (χ4n) is 1.15. The molecule has 1 rings (SSSR count). The number of pyridine rings is 1. The number of amides is 1. The molecule has 5 nitrogen and oxygen atoms in total. The molecule has 0 saturated carbocycles. The molecule has 0 bridgehead atoms. The van der Waals surface area contributed by atoms with Crippen LogP contribution in [-0.4, -0.2) is 29.1 Å². The Balaban J connectivity index is 2.20. The third kappa shape index (κ3) is 4.75. The van der Waals surface area contributed by atoms with Crippen LogP contribution >= 0.6 is 0 Å². The predicted molar refractivity (Wildman–Crippen MR) is 60.9 cm³/mol. The fourth-order valence-corrected chi connectivity index (χ4v) is 1.15. The lowest BCUT2D eigenvalue weighted by atomic mass is 10.3. The number of carbonyl (C=O) groups excluding carboxylic acids is 1. The second-order valence-electron chi connectivity index (χ2n) is 3.46. The molecule has 1 heterocycles. The van der Waals surface area contributed by atoms with Gasteiger partial charge in [-0.1, -0.05) is 6.92 Å². The molecule has 3 N–H and O–H groups in total. The lowest BCUT2D eigenvalue weighted by Crippen LogP contribution is -2.34. The minimum absolute atomic E-state index is 0.0133. The Morgan fingerprint density at radius 1 is 1.50 bits per heavy atom. The molecule has 0 fully saturated rings. The van der Waals surface area contributed by atoms with Crippen LogP contribution in [0.15, 0.2) is 18.3 Å². The van der Waals surface area contributed by atoms with E-state index in [9.17, 15) is 4.79 Å². The number of nitrogens with one attached hydrogen (secondary N) is 2. The van der Waals surface area contributed by atoms with Crippen molar-refractivity contribution in [3.63, 3.8) is 0 Å². The highest BCUT2D eigenvalue weighted by Gasteiger charge is 1.99. The first-order chi connectivity index (χ1) is 7.72. The van der Waals surface area contributed by atoms with Crippen LogP contribution in [0.25, 0.3) is 0 Å². The van der Waals surface area contributed by atoms with Crippen molar-refractivity contribution >= 4 is 5.91 Å². The van der Waals surface area contributed by atoms with Gasteiger partial charge in [-0.05, 0) is 18.6 Å². The maximum Gasteiger partial charge on any atom is 0.233 e. The molecule has 0 unspecified atom stereocenters. The van der Waals surface area contributed by atoms with Crippen LogP contribution in [0.4, 0.5) is 0 Å². The summed E-state index contributed by atoms with van der Waals surface area (Å²) in [6.45, 7) is 3.51. The molecule has 5 heteroatoms. The van der Waals surface area contributed by atoms with Crippen molar-refractivity contribution in [2.75, 3.05) is 13.1 Å². The van der Waals surface area contributed by atoms with Crippen LogP contribution in [0.3, 0.4) is 0 Å². The molecule has 0 aliphatic carbocycles. The van der Waals surface area contributed by atoms with Gasteiger partial charge < -0.3 is 15.7 Å². The van der Waals surface area contributed by atoms with Crippen molar-refractivity contribution in [2.45, 2.75) is 19.9 Å². The van der Waals surface area contributed by atoms with Crippen molar-refractivity contribution < 1.29 is 9.90 Å². The topological polar surface area (TPSA) is 74.2 Å². The van der Waals surface area contributed by atoms with Crippen LogP contribution in [0.5, 0.6) is 5.75 Å². The number of hydrogen-bond acceptors (Lipinski definition) is 4. The van der Waals surface area contributed by atoms with Gasteiger partial charge in [-0.15, -0.1) is 0 Å². The van der Waals surface area contributed by atoms with Crippen molar-refractivity contribution in [1.82, 2.24) is 15.6 Å². The summed E-state index contributed by atoms with van der Waals surface area (Å²) < 4.78 is 0. The number of carbonyl (C=O) groups is 1. The van der Waals surface area contributed by atoms with Gasteiger partial charge in [0.15, 0.2) is 0 Å². The minimum atomic E-state index is -0.0133. The van der Waals surface area contributed by atoms with Gasteiger partial charge >= 0.3 is 0 Å². The lowest BCUT2D eigenvalue weighted by Gasteiger charge is -2.05. The molecule has 0 saturated heterocycles. The smallest absolute Gasteiger partial charge is 0.233 e. The van der Waals surface area contributed by atoms with Gasteiger partial charge in [0.25, 0.3) is 0 Å². The molecule has 0 aliphatic heterocycles. The van der Waals surface area contributed by atoms with Crippen molar-refractivity contribution in [1.29, 1.82) is 0 Å². The highest BCUT2D eigenvalue weighted by Crippen LogP contribution is 2.05. The van der Waals surface area contributed by atoms with E-state index >= 15 is 0 Å². The zero-order chi connectivity index (χ0) is 11.8. The molecule has 0 aliphatic rings.